The largest absolute Gasteiger partial charge is 0.493 e. The molecule has 0 unspecified atom stereocenters. The normalized spacial score (nSPS) is 10.5. The van der Waals surface area contributed by atoms with Crippen LogP contribution in [0.4, 0.5) is 0 Å². The second-order valence-corrected chi connectivity index (χ2v) is 4.36. The van der Waals surface area contributed by atoms with Crippen molar-refractivity contribution >= 4 is 0 Å². The molecular formula is C15H25NO3. The van der Waals surface area contributed by atoms with Crippen LogP contribution in [0.25, 0.3) is 0 Å². The smallest absolute Gasteiger partial charge is 0.165 e. The topological polar surface area (TPSA) is 50.7 Å². The average Bonchev–Trinajstić information content (AvgIpc) is 2.45. The lowest BCUT2D eigenvalue weighted by Crippen LogP contribution is -2.13. The summed E-state index contributed by atoms with van der Waals surface area (Å²) < 4.78 is 11.2. The Morgan fingerprint density at radius 2 is 2.05 bits per heavy atom. The lowest BCUT2D eigenvalue weighted by atomic mass is 10.2. The number of para-hydroxylation sites is 1. The number of unbranched alkanes of at least 4 members (excludes halogenated alkanes) is 2. The summed E-state index contributed by atoms with van der Waals surface area (Å²) in [6.45, 7) is 4.68. The van der Waals surface area contributed by atoms with E-state index in [0.717, 1.165) is 49.4 Å². The van der Waals surface area contributed by atoms with E-state index < -0.39 is 0 Å². The van der Waals surface area contributed by atoms with Crippen LogP contribution in [0, 0.1) is 0 Å². The minimum absolute atomic E-state index is 0.250. The van der Waals surface area contributed by atoms with Gasteiger partial charge in [0.2, 0.25) is 0 Å². The van der Waals surface area contributed by atoms with Crippen molar-refractivity contribution in [2.24, 2.45) is 0 Å². The van der Waals surface area contributed by atoms with Crippen LogP contribution in [0.15, 0.2) is 18.2 Å². The fourth-order valence-corrected chi connectivity index (χ4v) is 1.85. The summed E-state index contributed by atoms with van der Waals surface area (Å²) in [4.78, 5) is 0. The molecule has 0 radical (unpaired) electrons. The number of aliphatic hydroxyl groups excluding tert-OH is 1. The molecule has 0 fully saturated rings. The van der Waals surface area contributed by atoms with Crippen molar-refractivity contribution in [3.8, 4) is 11.5 Å². The molecule has 0 bridgehead atoms. The monoisotopic (exact) mass is 267 g/mol. The van der Waals surface area contributed by atoms with Crippen molar-refractivity contribution in [1.82, 2.24) is 5.32 Å². The van der Waals surface area contributed by atoms with Gasteiger partial charge in [-0.15, -0.1) is 0 Å². The Balaban J connectivity index is 2.60. The number of benzene rings is 1. The Kier molecular flexibility index (Phi) is 8.02. The van der Waals surface area contributed by atoms with Gasteiger partial charge >= 0.3 is 0 Å². The third-order valence-corrected chi connectivity index (χ3v) is 2.89. The Hall–Kier alpha value is -1.26. The summed E-state index contributed by atoms with van der Waals surface area (Å²) in [6, 6.07) is 5.94. The van der Waals surface area contributed by atoms with Gasteiger partial charge < -0.3 is 19.9 Å². The lowest BCUT2D eigenvalue weighted by molar-refractivity contribution is 0.259. The van der Waals surface area contributed by atoms with Crippen molar-refractivity contribution in [2.45, 2.75) is 32.7 Å². The van der Waals surface area contributed by atoms with Crippen LogP contribution in [0.1, 0.15) is 31.7 Å². The number of hydrogen-bond acceptors (Lipinski definition) is 4. The van der Waals surface area contributed by atoms with Crippen LogP contribution in [0.2, 0.25) is 0 Å². The molecule has 2 N–H and O–H groups in total. The first-order valence-corrected chi connectivity index (χ1v) is 6.93. The van der Waals surface area contributed by atoms with E-state index in [1.807, 2.05) is 18.2 Å². The van der Waals surface area contributed by atoms with E-state index in [1.165, 1.54) is 0 Å². The van der Waals surface area contributed by atoms with E-state index >= 15 is 0 Å². The van der Waals surface area contributed by atoms with Gasteiger partial charge in [0.25, 0.3) is 0 Å². The van der Waals surface area contributed by atoms with Gasteiger partial charge in [0, 0.05) is 18.7 Å². The first kappa shape index (κ1) is 15.8. The molecule has 1 aromatic rings. The Bertz CT molecular complexity index is 355. The third kappa shape index (κ3) is 5.49. The van der Waals surface area contributed by atoms with Crippen molar-refractivity contribution in [3.05, 3.63) is 23.8 Å². The number of hydrogen-bond donors (Lipinski definition) is 2. The molecule has 4 heteroatoms. The van der Waals surface area contributed by atoms with E-state index in [1.54, 1.807) is 7.11 Å². The minimum atomic E-state index is 0.250. The highest BCUT2D eigenvalue weighted by atomic mass is 16.5. The summed E-state index contributed by atoms with van der Waals surface area (Å²) in [7, 11) is 1.66. The third-order valence-electron chi connectivity index (χ3n) is 2.89. The van der Waals surface area contributed by atoms with Crippen LogP contribution in [-0.2, 0) is 6.54 Å². The average molecular weight is 267 g/mol. The van der Waals surface area contributed by atoms with E-state index in [9.17, 15) is 0 Å². The molecule has 0 amide bonds. The summed E-state index contributed by atoms with van der Waals surface area (Å²) in [5.74, 6) is 1.60. The van der Waals surface area contributed by atoms with E-state index in [-0.39, 0.29) is 6.61 Å². The van der Waals surface area contributed by atoms with Gasteiger partial charge in [0.05, 0.1) is 13.7 Å². The lowest BCUT2D eigenvalue weighted by Gasteiger charge is -2.15. The predicted molar refractivity (Wildman–Crippen MR) is 76.8 cm³/mol. The maximum atomic E-state index is 8.74. The van der Waals surface area contributed by atoms with Crippen LogP contribution in [-0.4, -0.2) is 32.0 Å². The van der Waals surface area contributed by atoms with Crippen LogP contribution in [0.5, 0.6) is 11.5 Å². The van der Waals surface area contributed by atoms with Crippen LogP contribution >= 0.6 is 0 Å². The molecule has 1 aromatic carbocycles. The molecule has 0 saturated heterocycles. The molecule has 0 aliphatic heterocycles. The van der Waals surface area contributed by atoms with Gasteiger partial charge in [0.15, 0.2) is 11.5 Å². The molecule has 19 heavy (non-hydrogen) atoms. The molecule has 0 aliphatic rings. The zero-order chi connectivity index (χ0) is 13.9. The molecule has 0 atom stereocenters. The highest BCUT2D eigenvalue weighted by molar-refractivity contribution is 5.46. The SMILES string of the molecule is CCNCc1cccc(OC)c1OCCCCCO. The van der Waals surface area contributed by atoms with Gasteiger partial charge in [0.1, 0.15) is 0 Å². The first-order valence-electron chi connectivity index (χ1n) is 6.93. The number of rotatable bonds is 10. The highest BCUT2D eigenvalue weighted by Crippen LogP contribution is 2.31. The first-order chi connectivity index (χ1) is 9.33. The molecule has 1 rings (SSSR count). The predicted octanol–water partition coefficient (Wildman–Crippen LogP) is 2.35. The summed E-state index contributed by atoms with van der Waals surface area (Å²) >= 11 is 0. The Morgan fingerprint density at radius 3 is 2.74 bits per heavy atom. The van der Waals surface area contributed by atoms with Crippen molar-refractivity contribution in [1.29, 1.82) is 0 Å². The number of methoxy groups -OCH3 is 1. The Morgan fingerprint density at radius 1 is 1.21 bits per heavy atom. The summed E-state index contributed by atoms with van der Waals surface area (Å²) in [6.07, 6.45) is 2.76. The number of nitrogens with one attached hydrogen (secondary N) is 1. The van der Waals surface area contributed by atoms with Crippen LogP contribution in [0.3, 0.4) is 0 Å². The van der Waals surface area contributed by atoms with Gasteiger partial charge in [-0.3, -0.25) is 0 Å². The highest BCUT2D eigenvalue weighted by Gasteiger charge is 2.09. The van der Waals surface area contributed by atoms with E-state index in [0.29, 0.717) is 6.61 Å². The number of ether oxygens (including phenoxy) is 2. The van der Waals surface area contributed by atoms with Crippen molar-refractivity contribution in [2.75, 3.05) is 26.9 Å². The molecule has 0 aromatic heterocycles. The quantitative estimate of drug-likeness (QED) is 0.639. The van der Waals surface area contributed by atoms with Crippen molar-refractivity contribution in [3.63, 3.8) is 0 Å². The maximum Gasteiger partial charge on any atom is 0.165 e. The fraction of sp³-hybridized carbons (Fsp3) is 0.600. The summed E-state index contributed by atoms with van der Waals surface area (Å²) in [5.41, 5.74) is 1.11. The van der Waals surface area contributed by atoms with E-state index in [4.69, 9.17) is 14.6 Å². The summed E-state index contributed by atoms with van der Waals surface area (Å²) in [5, 5.41) is 12.0. The second kappa shape index (κ2) is 9.64. The van der Waals surface area contributed by atoms with Gasteiger partial charge in [-0.25, -0.2) is 0 Å². The minimum Gasteiger partial charge on any atom is -0.493 e. The molecule has 108 valence electrons. The van der Waals surface area contributed by atoms with Crippen molar-refractivity contribution < 1.29 is 14.6 Å². The van der Waals surface area contributed by atoms with Gasteiger partial charge in [-0.1, -0.05) is 19.1 Å². The standard InChI is InChI=1S/C15H25NO3/c1-3-16-12-13-8-7-9-14(18-2)15(13)19-11-6-4-5-10-17/h7-9,16-17H,3-6,10-12H2,1-2H3. The molecule has 0 saturated carbocycles. The van der Waals surface area contributed by atoms with Crippen LogP contribution < -0.4 is 14.8 Å². The molecule has 4 nitrogen and oxygen atoms in total. The maximum absolute atomic E-state index is 8.74. The molecular weight excluding hydrogens is 242 g/mol. The second-order valence-electron chi connectivity index (χ2n) is 4.36. The molecule has 0 heterocycles. The zero-order valence-electron chi connectivity index (χ0n) is 11.9. The molecule has 0 aliphatic carbocycles. The number of aliphatic hydroxyl groups is 1. The Labute approximate surface area is 115 Å². The zero-order valence-corrected chi connectivity index (χ0v) is 11.9. The van der Waals surface area contributed by atoms with Gasteiger partial charge in [-0.2, -0.15) is 0 Å². The van der Waals surface area contributed by atoms with Gasteiger partial charge in [-0.05, 0) is 31.9 Å². The molecule has 0 spiro atoms. The fourth-order valence-electron chi connectivity index (χ4n) is 1.85. The van der Waals surface area contributed by atoms with E-state index in [2.05, 4.69) is 12.2 Å².